The summed E-state index contributed by atoms with van der Waals surface area (Å²) < 4.78 is 9.48. The van der Waals surface area contributed by atoms with E-state index in [1.54, 1.807) is 24.3 Å². The molecule has 1 rings (SSSR count). The van der Waals surface area contributed by atoms with Crippen LogP contribution in [0.15, 0.2) is 36.6 Å². The van der Waals surface area contributed by atoms with E-state index in [9.17, 15) is 4.79 Å². The molecule has 0 fully saturated rings. The van der Waals surface area contributed by atoms with Crippen LogP contribution in [0.3, 0.4) is 0 Å². The van der Waals surface area contributed by atoms with Crippen LogP contribution in [0.25, 0.3) is 0 Å². The van der Waals surface area contributed by atoms with Crippen molar-refractivity contribution >= 4 is 11.7 Å². The molecule has 4 heteroatoms. The van der Waals surface area contributed by atoms with Crippen molar-refractivity contribution in [1.29, 1.82) is 0 Å². The van der Waals surface area contributed by atoms with Gasteiger partial charge in [-0.1, -0.05) is 6.07 Å². The maximum atomic E-state index is 10.7. The van der Waals surface area contributed by atoms with Gasteiger partial charge in [-0.3, -0.25) is 0 Å². The summed E-state index contributed by atoms with van der Waals surface area (Å²) in [6.45, 7) is 0. The first-order valence-electron chi connectivity index (χ1n) is 3.99. The summed E-state index contributed by atoms with van der Waals surface area (Å²) in [4.78, 5) is 10.7. The average Bonchev–Trinajstić information content (AvgIpc) is 2.17. The molecule has 4 nitrogen and oxygen atoms in total. The molecule has 0 heterocycles. The van der Waals surface area contributed by atoms with Crippen molar-refractivity contribution in [3.05, 3.63) is 36.6 Å². The van der Waals surface area contributed by atoms with Gasteiger partial charge in [-0.25, -0.2) is 4.79 Å². The van der Waals surface area contributed by atoms with Gasteiger partial charge in [0.1, 0.15) is 5.75 Å². The third-order valence-electron chi connectivity index (χ3n) is 1.47. The molecule has 0 saturated carbocycles. The second-order valence-corrected chi connectivity index (χ2v) is 2.52. The van der Waals surface area contributed by atoms with Gasteiger partial charge in [-0.2, -0.15) is 0 Å². The SMILES string of the molecule is COC(=O)/C=C/Oc1cccc(N)c1. The van der Waals surface area contributed by atoms with E-state index < -0.39 is 5.97 Å². The highest BCUT2D eigenvalue weighted by Gasteiger charge is 1.93. The second kappa shape index (κ2) is 4.91. The van der Waals surface area contributed by atoms with Gasteiger partial charge in [0, 0.05) is 11.8 Å². The zero-order chi connectivity index (χ0) is 10.4. The maximum absolute atomic E-state index is 10.7. The molecule has 0 atom stereocenters. The Balaban J connectivity index is 2.53. The number of nitrogens with two attached hydrogens (primary N) is 1. The fraction of sp³-hybridized carbons (Fsp3) is 0.100. The number of hydrogen-bond donors (Lipinski definition) is 1. The van der Waals surface area contributed by atoms with Gasteiger partial charge in [0.05, 0.1) is 19.4 Å². The Morgan fingerprint density at radius 3 is 2.93 bits per heavy atom. The predicted octanol–water partition coefficient (Wildman–Crippen LogP) is 1.33. The normalized spacial score (nSPS) is 10.1. The molecule has 0 amide bonds. The van der Waals surface area contributed by atoms with Crippen LogP contribution >= 0.6 is 0 Å². The number of carbonyl (C=O) groups excluding carboxylic acids is 1. The average molecular weight is 193 g/mol. The molecule has 0 aliphatic carbocycles. The van der Waals surface area contributed by atoms with Crippen LogP contribution in [0.1, 0.15) is 0 Å². The van der Waals surface area contributed by atoms with Gasteiger partial charge >= 0.3 is 5.97 Å². The third-order valence-corrected chi connectivity index (χ3v) is 1.47. The summed E-state index contributed by atoms with van der Waals surface area (Å²) in [5.74, 6) is 0.110. The van der Waals surface area contributed by atoms with Gasteiger partial charge in [-0.15, -0.1) is 0 Å². The smallest absolute Gasteiger partial charge is 0.333 e. The van der Waals surface area contributed by atoms with E-state index in [4.69, 9.17) is 10.5 Å². The highest BCUT2D eigenvalue weighted by Crippen LogP contribution is 2.14. The van der Waals surface area contributed by atoms with E-state index in [0.717, 1.165) is 0 Å². The van der Waals surface area contributed by atoms with E-state index >= 15 is 0 Å². The molecule has 0 spiro atoms. The number of carbonyl (C=O) groups is 1. The van der Waals surface area contributed by atoms with E-state index in [-0.39, 0.29) is 0 Å². The minimum absolute atomic E-state index is 0.464. The molecule has 2 N–H and O–H groups in total. The summed E-state index contributed by atoms with van der Waals surface area (Å²) in [5, 5.41) is 0. The first kappa shape index (κ1) is 10.1. The lowest BCUT2D eigenvalue weighted by molar-refractivity contribution is -0.134. The Labute approximate surface area is 81.9 Å². The summed E-state index contributed by atoms with van der Waals surface area (Å²) in [6, 6.07) is 6.90. The molecule has 14 heavy (non-hydrogen) atoms. The summed E-state index contributed by atoms with van der Waals surface area (Å²) in [5.41, 5.74) is 6.13. The topological polar surface area (TPSA) is 61.5 Å². The van der Waals surface area contributed by atoms with Crippen molar-refractivity contribution in [2.24, 2.45) is 0 Å². The van der Waals surface area contributed by atoms with E-state index in [0.29, 0.717) is 11.4 Å². The van der Waals surface area contributed by atoms with Crippen LogP contribution in [-0.2, 0) is 9.53 Å². The molecule has 1 aromatic rings. The number of rotatable bonds is 3. The lowest BCUT2D eigenvalue weighted by Gasteiger charge is -1.99. The maximum Gasteiger partial charge on any atom is 0.333 e. The summed E-state index contributed by atoms with van der Waals surface area (Å²) >= 11 is 0. The molecule has 0 aliphatic rings. The van der Waals surface area contributed by atoms with Crippen LogP contribution < -0.4 is 10.5 Å². The molecule has 0 unspecified atom stereocenters. The molecule has 0 aromatic heterocycles. The molecular formula is C10H11NO3. The van der Waals surface area contributed by atoms with Crippen molar-refractivity contribution < 1.29 is 14.3 Å². The molecule has 74 valence electrons. The molecule has 0 saturated heterocycles. The Morgan fingerprint density at radius 2 is 2.29 bits per heavy atom. The van der Waals surface area contributed by atoms with Crippen molar-refractivity contribution in [1.82, 2.24) is 0 Å². The third kappa shape index (κ3) is 3.18. The number of benzene rings is 1. The van der Waals surface area contributed by atoms with Gasteiger partial charge in [0.15, 0.2) is 0 Å². The zero-order valence-corrected chi connectivity index (χ0v) is 7.77. The van der Waals surface area contributed by atoms with Crippen molar-refractivity contribution in [3.63, 3.8) is 0 Å². The Hall–Kier alpha value is -1.97. The monoisotopic (exact) mass is 193 g/mol. The Bertz CT molecular complexity index is 347. The lowest BCUT2D eigenvalue weighted by atomic mass is 10.3. The fourth-order valence-corrected chi connectivity index (χ4v) is 0.824. The van der Waals surface area contributed by atoms with Crippen molar-refractivity contribution in [3.8, 4) is 5.75 Å². The summed E-state index contributed by atoms with van der Waals surface area (Å²) in [6.07, 6.45) is 2.43. The first-order chi connectivity index (χ1) is 6.72. The van der Waals surface area contributed by atoms with Crippen LogP contribution in [0.2, 0.25) is 0 Å². The standard InChI is InChI=1S/C10H11NO3/c1-13-10(12)5-6-14-9-4-2-3-8(11)7-9/h2-7H,11H2,1H3/b6-5+. The second-order valence-electron chi connectivity index (χ2n) is 2.52. The number of nitrogen functional groups attached to an aromatic ring is 1. The molecule has 0 bridgehead atoms. The largest absolute Gasteiger partial charge is 0.466 e. The van der Waals surface area contributed by atoms with E-state index in [1.807, 2.05) is 0 Å². The number of anilines is 1. The van der Waals surface area contributed by atoms with Gasteiger partial charge in [0.25, 0.3) is 0 Å². The lowest BCUT2D eigenvalue weighted by Crippen LogP contribution is -1.95. The predicted molar refractivity (Wildman–Crippen MR) is 52.6 cm³/mol. The fourth-order valence-electron chi connectivity index (χ4n) is 0.824. The van der Waals surface area contributed by atoms with Gasteiger partial charge < -0.3 is 15.2 Å². The molecular weight excluding hydrogens is 182 g/mol. The van der Waals surface area contributed by atoms with Crippen molar-refractivity contribution in [2.45, 2.75) is 0 Å². The van der Waals surface area contributed by atoms with Crippen LogP contribution in [0.5, 0.6) is 5.75 Å². The molecule has 0 aliphatic heterocycles. The Kier molecular flexibility index (Phi) is 3.55. The minimum Gasteiger partial charge on any atom is -0.466 e. The van der Waals surface area contributed by atoms with Crippen LogP contribution in [-0.4, -0.2) is 13.1 Å². The first-order valence-corrected chi connectivity index (χ1v) is 3.99. The number of methoxy groups -OCH3 is 1. The van der Waals surface area contributed by atoms with Gasteiger partial charge in [-0.05, 0) is 12.1 Å². The van der Waals surface area contributed by atoms with Crippen LogP contribution in [0.4, 0.5) is 5.69 Å². The van der Waals surface area contributed by atoms with Crippen LogP contribution in [0, 0.1) is 0 Å². The number of hydrogen-bond acceptors (Lipinski definition) is 4. The minimum atomic E-state index is -0.464. The zero-order valence-electron chi connectivity index (χ0n) is 7.77. The highest BCUT2D eigenvalue weighted by molar-refractivity contribution is 5.81. The van der Waals surface area contributed by atoms with E-state index in [1.165, 1.54) is 19.4 Å². The number of ether oxygens (including phenoxy) is 2. The van der Waals surface area contributed by atoms with Crippen molar-refractivity contribution in [2.75, 3.05) is 12.8 Å². The quantitative estimate of drug-likeness (QED) is 0.340. The Morgan fingerprint density at radius 1 is 1.50 bits per heavy atom. The number of esters is 1. The van der Waals surface area contributed by atoms with E-state index in [2.05, 4.69) is 4.74 Å². The van der Waals surface area contributed by atoms with Gasteiger partial charge in [0.2, 0.25) is 0 Å². The highest BCUT2D eigenvalue weighted by atomic mass is 16.5. The molecule has 0 radical (unpaired) electrons. The summed E-state index contributed by atoms with van der Waals surface area (Å²) in [7, 11) is 1.30. The molecule has 1 aromatic carbocycles.